The average molecular weight is 420 g/mol. The standard InChI is InChI=1S/C21H26FN3O3S/c1-3-19(25(29(2,27)28)20-12-8-7-11-18(20)22)21(26)24-15-13-23(14-16-24)17-9-5-4-6-10-17/h4-12,19H,3,13-16H2,1-2H3/t19-/m1/s1. The van der Waals surface area contributed by atoms with Crippen molar-refractivity contribution >= 4 is 27.3 Å². The predicted octanol–water partition coefficient (Wildman–Crippen LogP) is 2.72. The van der Waals surface area contributed by atoms with E-state index in [1.54, 1.807) is 17.9 Å². The summed E-state index contributed by atoms with van der Waals surface area (Å²) < 4.78 is 40.3. The number of nitrogens with zero attached hydrogens (tertiary/aromatic N) is 3. The Kier molecular flexibility index (Phi) is 6.42. The third-order valence-corrected chi connectivity index (χ3v) is 6.28. The van der Waals surface area contributed by atoms with Gasteiger partial charge >= 0.3 is 0 Å². The van der Waals surface area contributed by atoms with Gasteiger partial charge in [-0.3, -0.25) is 9.10 Å². The number of carbonyl (C=O) groups is 1. The number of halogens is 1. The molecule has 1 aliphatic rings. The smallest absolute Gasteiger partial charge is 0.246 e. The molecule has 156 valence electrons. The van der Waals surface area contributed by atoms with E-state index in [0.717, 1.165) is 16.2 Å². The Morgan fingerprint density at radius 2 is 1.62 bits per heavy atom. The first-order valence-corrected chi connectivity index (χ1v) is 11.5. The van der Waals surface area contributed by atoms with Crippen LogP contribution in [0.1, 0.15) is 13.3 Å². The highest BCUT2D eigenvalue weighted by Crippen LogP contribution is 2.27. The van der Waals surface area contributed by atoms with E-state index in [2.05, 4.69) is 4.90 Å². The molecule has 0 aliphatic carbocycles. The molecule has 2 aromatic carbocycles. The van der Waals surface area contributed by atoms with E-state index in [4.69, 9.17) is 0 Å². The van der Waals surface area contributed by atoms with Gasteiger partial charge in [0.2, 0.25) is 15.9 Å². The number of para-hydroxylation sites is 2. The molecule has 0 radical (unpaired) electrons. The summed E-state index contributed by atoms with van der Waals surface area (Å²) in [5, 5.41) is 0. The van der Waals surface area contributed by atoms with E-state index in [1.165, 1.54) is 18.2 Å². The van der Waals surface area contributed by atoms with E-state index in [9.17, 15) is 17.6 Å². The lowest BCUT2D eigenvalue weighted by atomic mass is 10.1. The molecular weight excluding hydrogens is 393 g/mol. The first-order chi connectivity index (χ1) is 13.8. The predicted molar refractivity (Wildman–Crippen MR) is 113 cm³/mol. The van der Waals surface area contributed by atoms with Crippen molar-refractivity contribution in [1.29, 1.82) is 0 Å². The molecule has 0 bridgehead atoms. The van der Waals surface area contributed by atoms with E-state index < -0.39 is 21.9 Å². The Labute approximate surface area is 171 Å². The maximum Gasteiger partial charge on any atom is 0.246 e. The molecule has 29 heavy (non-hydrogen) atoms. The normalized spacial score (nSPS) is 15.8. The molecule has 0 N–H and O–H groups in total. The van der Waals surface area contributed by atoms with Crippen LogP contribution in [0.25, 0.3) is 0 Å². The van der Waals surface area contributed by atoms with Gasteiger partial charge in [-0.2, -0.15) is 0 Å². The van der Waals surface area contributed by atoms with Gasteiger partial charge in [-0.05, 0) is 30.7 Å². The fraction of sp³-hybridized carbons (Fsp3) is 0.381. The molecule has 0 saturated carbocycles. The molecule has 1 fully saturated rings. The summed E-state index contributed by atoms with van der Waals surface area (Å²) in [6.07, 6.45) is 1.25. The van der Waals surface area contributed by atoms with Crippen molar-refractivity contribution in [1.82, 2.24) is 4.90 Å². The third kappa shape index (κ3) is 4.70. The van der Waals surface area contributed by atoms with Crippen molar-refractivity contribution in [3.05, 3.63) is 60.4 Å². The summed E-state index contributed by atoms with van der Waals surface area (Å²) in [7, 11) is -3.85. The molecule has 2 aromatic rings. The topological polar surface area (TPSA) is 60.9 Å². The van der Waals surface area contributed by atoms with E-state index in [1.807, 2.05) is 30.3 Å². The van der Waals surface area contributed by atoms with Crippen molar-refractivity contribution in [3.63, 3.8) is 0 Å². The molecule has 0 unspecified atom stereocenters. The van der Waals surface area contributed by atoms with Crippen LogP contribution in [0.4, 0.5) is 15.8 Å². The summed E-state index contributed by atoms with van der Waals surface area (Å²) in [6.45, 7) is 4.02. The van der Waals surface area contributed by atoms with Crippen LogP contribution in [0.3, 0.4) is 0 Å². The molecule has 3 rings (SSSR count). The highest BCUT2D eigenvalue weighted by atomic mass is 32.2. The van der Waals surface area contributed by atoms with E-state index in [0.29, 0.717) is 26.2 Å². The first kappa shape index (κ1) is 21.1. The number of carbonyl (C=O) groups excluding carboxylic acids is 1. The second-order valence-corrected chi connectivity index (χ2v) is 8.94. The van der Waals surface area contributed by atoms with Gasteiger partial charge in [-0.1, -0.05) is 37.3 Å². The van der Waals surface area contributed by atoms with Crippen LogP contribution in [0.5, 0.6) is 0 Å². The fourth-order valence-electron chi connectivity index (χ4n) is 3.68. The van der Waals surface area contributed by atoms with Gasteiger partial charge < -0.3 is 9.80 Å². The van der Waals surface area contributed by atoms with Crippen molar-refractivity contribution in [2.75, 3.05) is 41.6 Å². The molecule has 1 saturated heterocycles. The number of rotatable bonds is 6. The van der Waals surface area contributed by atoms with E-state index >= 15 is 0 Å². The first-order valence-electron chi connectivity index (χ1n) is 9.65. The minimum absolute atomic E-state index is 0.0990. The maximum atomic E-state index is 14.4. The molecule has 8 heteroatoms. The fourth-order valence-corrected chi connectivity index (χ4v) is 4.89. The largest absolute Gasteiger partial charge is 0.368 e. The van der Waals surface area contributed by atoms with Crippen molar-refractivity contribution in [3.8, 4) is 0 Å². The Balaban J connectivity index is 1.80. The summed E-state index contributed by atoms with van der Waals surface area (Å²) in [5.74, 6) is -0.966. The lowest BCUT2D eigenvalue weighted by molar-refractivity contribution is -0.132. The van der Waals surface area contributed by atoms with Gasteiger partial charge in [0, 0.05) is 31.9 Å². The molecule has 1 aliphatic heterocycles. The summed E-state index contributed by atoms with van der Waals surface area (Å²) >= 11 is 0. The van der Waals surface area contributed by atoms with Crippen LogP contribution in [0.15, 0.2) is 54.6 Å². The van der Waals surface area contributed by atoms with Crippen molar-refractivity contribution < 1.29 is 17.6 Å². The summed E-state index contributed by atoms with van der Waals surface area (Å²) in [5.41, 5.74) is 0.994. The Morgan fingerprint density at radius 3 is 2.17 bits per heavy atom. The second kappa shape index (κ2) is 8.82. The van der Waals surface area contributed by atoms with Crippen LogP contribution >= 0.6 is 0 Å². The second-order valence-electron chi connectivity index (χ2n) is 7.08. The van der Waals surface area contributed by atoms with Crippen LogP contribution in [-0.4, -0.2) is 57.7 Å². The van der Waals surface area contributed by atoms with Gasteiger partial charge in [0.25, 0.3) is 0 Å². The summed E-state index contributed by atoms with van der Waals surface area (Å²) in [6, 6.07) is 14.6. The van der Waals surface area contributed by atoms with Crippen LogP contribution in [-0.2, 0) is 14.8 Å². The van der Waals surface area contributed by atoms with Crippen molar-refractivity contribution in [2.24, 2.45) is 0 Å². The molecule has 1 atom stereocenters. The molecular formula is C21H26FN3O3S. The lowest BCUT2D eigenvalue weighted by Gasteiger charge is -2.39. The van der Waals surface area contributed by atoms with Gasteiger partial charge in [0.05, 0.1) is 11.9 Å². The number of hydrogen-bond acceptors (Lipinski definition) is 4. The molecule has 0 spiro atoms. The SMILES string of the molecule is CC[C@H](C(=O)N1CCN(c2ccccc2)CC1)N(c1ccccc1F)S(C)(=O)=O. The van der Waals surface area contributed by atoms with Gasteiger partial charge in [0.1, 0.15) is 11.9 Å². The van der Waals surface area contributed by atoms with Gasteiger partial charge in [-0.15, -0.1) is 0 Å². The molecule has 0 aromatic heterocycles. The van der Waals surface area contributed by atoms with E-state index in [-0.39, 0.29) is 18.0 Å². The third-order valence-electron chi connectivity index (χ3n) is 5.11. The zero-order valence-electron chi connectivity index (χ0n) is 16.7. The monoisotopic (exact) mass is 419 g/mol. The quantitative estimate of drug-likeness (QED) is 0.722. The minimum Gasteiger partial charge on any atom is -0.368 e. The van der Waals surface area contributed by atoms with Gasteiger partial charge in [-0.25, -0.2) is 12.8 Å². The Hall–Kier alpha value is -2.61. The highest BCUT2D eigenvalue weighted by molar-refractivity contribution is 7.92. The van der Waals surface area contributed by atoms with Gasteiger partial charge in [0.15, 0.2) is 0 Å². The van der Waals surface area contributed by atoms with Crippen LogP contribution in [0.2, 0.25) is 0 Å². The Bertz CT molecular complexity index is 945. The number of hydrogen-bond donors (Lipinski definition) is 0. The minimum atomic E-state index is -3.85. The maximum absolute atomic E-state index is 14.4. The van der Waals surface area contributed by atoms with Crippen molar-refractivity contribution in [2.45, 2.75) is 19.4 Å². The number of piperazine rings is 1. The molecule has 6 nitrogen and oxygen atoms in total. The van der Waals surface area contributed by atoms with Crippen LogP contribution in [0, 0.1) is 5.82 Å². The van der Waals surface area contributed by atoms with Crippen LogP contribution < -0.4 is 9.21 Å². The average Bonchev–Trinajstić information content (AvgIpc) is 2.72. The zero-order valence-corrected chi connectivity index (χ0v) is 17.5. The number of benzene rings is 2. The zero-order chi connectivity index (χ0) is 21.0. The summed E-state index contributed by atoms with van der Waals surface area (Å²) in [4.78, 5) is 17.1. The highest BCUT2D eigenvalue weighted by Gasteiger charge is 2.36. The molecule has 1 amide bonds. The number of amides is 1. The lowest BCUT2D eigenvalue weighted by Crippen LogP contribution is -2.56. The number of sulfonamides is 1. The number of anilines is 2. The molecule has 1 heterocycles. The Morgan fingerprint density at radius 1 is 1.03 bits per heavy atom.